The normalized spacial score (nSPS) is 14.7. The van der Waals surface area contributed by atoms with Gasteiger partial charge in [-0.05, 0) is 25.0 Å². The van der Waals surface area contributed by atoms with Gasteiger partial charge in [0, 0.05) is 32.2 Å². The number of sulfonamides is 1. The molecule has 1 fully saturated rings. The van der Waals surface area contributed by atoms with Crippen LogP contribution in [0.5, 0.6) is 0 Å². The van der Waals surface area contributed by atoms with Crippen LogP contribution in [0.1, 0.15) is 12.8 Å². The van der Waals surface area contributed by atoms with Crippen molar-refractivity contribution in [3.63, 3.8) is 0 Å². The molecular formula is C16H19N7O2S2. The van der Waals surface area contributed by atoms with E-state index >= 15 is 0 Å². The maximum absolute atomic E-state index is 12.5. The van der Waals surface area contributed by atoms with Crippen molar-refractivity contribution in [1.29, 1.82) is 0 Å². The SMILES string of the molecule is O=S(=O)(NCCNc1cc(N2CCCC2)cnn1)c1cccc2nsnc12. The highest BCUT2D eigenvalue weighted by Gasteiger charge is 2.19. The van der Waals surface area contributed by atoms with E-state index in [0.29, 0.717) is 23.4 Å². The van der Waals surface area contributed by atoms with Gasteiger partial charge in [0.25, 0.3) is 0 Å². The van der Waals surface area contributed by atoms with Gasteiger partial charge in [0.05, 0.1) is 23.6 Å². The lowest BCUT2D eigenvalue weighted by Gasteiger charge is -2.17. The fourth-order valence-corrected chi connectivity index (χ4v) is 4.84. The first-order valence-corrected chi connectivity index (χ1v) is 10.9. The van der Waals surface area contributed by atoms with E-state index in [0.717, 1.165) is 30.5 Å². The van der Waals surface area contributed by atoms with Gasteiger partial charge in [0.1, 0.15) is 15.9 Å². The summed E-state index contributed by atoms with van der Waals surface area (Å²) in [4.78, 5) is 2.41. The van der Waals surface area contributed by atoms with E-state index in [4.69, 9.17) is 0 Å². The van der Waals surface area contributed by atoms with E-state index in [1.807, 2.05) is 6.07 Å². The highest BCUT2D eigenvalue weighted by molar-refractivity contribution is 7.89. The highest BCUT2D eigenvalue weighted by Crippen LogP contribution is 2.21. The van der Waals surface area contributed by atoms with E-state index in [1.165, 1.54) is 18.9 Å². The Morgan fingerprint density at radius 1 is 1.15 bits per heavy atom. The maximum atomic E-state index is 12.5. The molecule has 0 aliphatic carbocycles. The van der Waals surface area contributed by atoms with Gasteiger partial charge < -0.3 is 10.2 Å². The number of fused-ring (bicyclic) bond motifs is 1. The number of anilines is 2. The topological polar surface area (TPSA) is 113 Å². The first-order valence-electron chi connectivity index (χ1n) is 8.66. The van der Waals surface area contributed by atoms with E-state index in [2.05, 4.69) is 33.9 Å². The van der Waals surface area contributed by atoms with Gasteiger partial charge in [-0.3, -0.25) is 0 Å². The molecule has 0 spiro atoms. The molecule has 11 heteroatoms. The van der Waals surface area contributed by atoms with Crippen molar-refractivity contribution in [3.05, 3.63) is 30.5 Å². The Morgan fingerprint density at radius 2 is 2.00 bits per heavy atom. The summed E-state index contributed by atoms with van der Waals surface area (Å²) >= 11 is 0.997. The molecule has 0 unspecified atom stereocenters. The maximum Gasteiger partial charge on any atom is 0.242 e. The van der Waals surface area contributed by atoms with E-state index in [-0.39, 0.29) is 11.4 Å². The predicted octanol–water partition coefficient (Wildman–Crippen LogP) is 1.47. The number of hydrogen-bond acceptors (Lipinski definition) is 9. The summed E-state index contributed by atoms with van der Waals surface area (Å²) < 4.78 is 35.8. The second-order valence-corrected chi connectivity index (χ2v) is 8.47. The van der Waals surface area contributed by atoms with E-state index < -0.39 is 10.0 Å². The molecular weight excluding hydrogens is 386 g/mol. The van der Waals surface area contributed by atoms with Gasteiger partial charge in [0.15, 0.2) is 5.82 Å². The summed E-state index contributed by atoms with van der Waals surface area (Å²) in [7, 11) is -3.66. The van der Waals surface area contributed by atoms with Crippen molar-refractivity contribution in [2.24, 2.45) is 0 Å². The number of nitrogens with zero attached hydrogens (tertiary/aromatic N) is 5. The van der Waals surface area contributed by atoms with Crippen molar-refractivity contribution >= 4 is 44.3 Å². The Morgan fingerprint density at radius 3 is 2.85 bits per heavy atom. The molecule has 2 aromatic heterocycles. The van der Waals surface area contributed by atoms with Gasteiger partial charge in [-0.1, -0.05) is 6.07 Å². The fourth-order valence-electron chi connectivity index (χ4n) is 3.04. The molecule has 0 bridgehead atoms. The van der Waals surface area contributed by atoms with Crippen LogP contribution in [0.4, 0.5) is 11.5 Å². The molecule has 1 saturated heterocycles. The summed E-state index contributed by atoms with van der Waals surface area (Å²) in [6, 6.07) is 6.88. The lowest BCUT2D eigenvalue weighted by Crippen LogP contribution is -2.29. The summed E-state index contributed by atoms with van der Waals surface area (Å²) in [5.74, 6) is 0.629. The van der Waals surface area contributed by atoms with Crippen LogP contribution in [0, 0.1) is 0 Å². The van der Waals surface area contributed by atoms with Gasteiger partial charge in [0.2, 0.25) is 10.0 Å². The third kappa shape index (κ3) is 3.99. The van der Waals surface area contributed by atoms with Crippen LogP contribution >= 0.6 is 11.7 Å². The van der Waals surface area contributed by atoms with Crippen LogP contribution in [0.25, 0.3) is 11.0 Å². The van der Waals surface area contributed by atoms with Crippen molar-refractivity contribution in [2.75, 3.05) is 36.4 Å². The van der Waals surface area contributed by atoms with Crippen LogP contribution in [-0.2, 0) is 10.0 Å². The van der Waals surface area contributed by atoms with Gasteiger partial charge in [-0.2, -0.15) is 13.8 Å². The fraction of sp³-hybridized carbons (Fsp3) is 0.375. The minimum atomic E-state index is -3.66. The average molecular weight is 406 g/mol. The molecule has 0 atom stereocenters. The standard InChI is InChI=1S/C16H19N7O2S2/c24-27(25,14-5-3-4-13-16(14)22-26-21-13)19-7-6-17-15-10-12(11-18-20-15)23-8-1-2-9-23/h3-5,10-11,19H,1-2,6-9H2,(H,17,20). The summed E-state index contributed by atoms with van der Waals surface area (Å²) in [5, 5.41) is 11.2. The number of benzene rings is 1. The molecule has 142 valence electrons. The highest BCUT2D eigenvalue weighted by atomic mass is 32.2. The van der Waals surface area contributed by atoms with Crippen LogP contribution in [0.2, 0.25) is 0 Å². The minimum absolute atomic E-state index is 0.143. The van der Waals surface area contributed by atoms with Crippen molar-refractivity contribution in [3.8, 4) is 0 Å². The molecule has 3 heterocycles. The third-order valence-corrected chi connectivity index (χ3v) is 6.41. The zero-order chi connectivity index (χ0) is 18.7. The smallest absolute Gasteiger partial charge is 0.242 e. The largest absolute Gasteiger partial charge is 0.370 e. The molecule has 27 heavy (non-hydrogen) atoms. The third-order valence-electron chi connectivity index (χ3n) is 4.37. The van der Waals surface area contributed by atoms with Crippen LogP contribution in [0.3, 0.4) is 0 Å². The number of nitrogens with one attached hydrogen (secondary N) is 2. The molecule has 4 rings (SSSR count). The molecule has 1 aromatic carbocycles. The second-order valence-electron chi connectivity index (χ2n) is 6.21. The zero-order valence-electron chi connectivity index (χ0n) is 14.5. The summed E-state index contributed by atoms with van der Waals surface area (Å²) in [5.41, 5.74) is 2.01. The van der Waals surface area contributed by atoms with Crippen molar-refractivity contribution in [2.45, 2.75) is 17.7 Å². The van der Waals surface area contributed by atoms with E-state index in [9.17, 15) is 8.42 Å². The number of rotatable bonds is 7. The number of hydrogen-bond donors (Lipinski definition) is 2. The monoisotopic (exact) mass is 405 g/mol. The summed E-state index contributed by atoms with van der Waals surface area (Å²) in [6.45, 7) is 2.67. The lowest BCUT2D eigenvalue weighted by atomic mass is 10.3. The molecule has 0 amide bonds. The van der Waals surface area contributed by atoms with Gasteiger partial charge in [-0.25, -0.2) is 13.1 Å². The Kier molecular flexibility index (Phi) is 5.14. The molecule has 2 N–H and O–H groups in total. The zero-order valence-corrected chi connectivity index (χ0v) is 16.1. The van der Waals surface area contributed by atoms with Gasteiger partial charge >= 0.3 is 0 Å². The second kappa shape index (κ2) is 7.71. The average Bonchev–Trinajstić information content (AvgIpc) is 3.36. The van der Waals surface area contributed by atoms with Crippen molar-refractivity contribution < 1.29 is 8.42 Å². The van der Waals surface area contributed by atoms with Crippen molar-refractivity contribution in [1.82, 2.24) is 23.7 Å². The molecule has 1 aliphatic rings. The molecule has 0 radical (unpaired) electrons. The Bertz CT molecular complexity index is 1030. The molecule has 1 aliphatic heterocycles. The quantitative estimate of drug-likeness (QED) is 0.568. The van der Waals surface area contributed by atoms with Crippen LogP contribution in [0.15, 0.2) is 35.4 Å². The Hall–Kier alpha value is -2.37. The predicted molar refractivity (Wildman–Crippen MR) is 105 cm³/mol. The van der Waals surface area contributed by atoms with Crippen LogP contribution in [-0.4, -0.2) is 53.5 Å². The first kappa shape index (κ1) is 18.0. The summed E-state index contributed by atoms with van der Waals surface area (Å²) in [6.07, 6.45) is 4.13. The first-order chi connectivity index (χ1) is 13.1. The van der Waals surface area contributed by atoms with E-state index in [1.54, 1.807) is 18.3 Å². The Balaban J connectivity index is 1.36. The Labute approximate surface area is 161 Å². The lowest BCUT2D eigenvalue weighted by molar-refractivity contribution is 0.583. The minimum Gasteiger partial charge on any atom is -0.370 e. The molecule has 0 saturated carbocycles. The van der Waals surface area contributed by atoms with Crippen LogP contribution < -0.4 is 14.9 Å². The molecule has 9 nitrogen and oxygen atoms in total. The van der Waals surface area contributed by atoms with Gasteiger partial charge in [-0.15, -0.1) is 5.10 Å². The molecule has 3 aromatic rings. The number of aromatic nitrogens is 4.